The quantitative estimate of drug-likeness (QED) is 0.553. The van der Waals surface area contributed by atoms with Crippen molar-refractivity contribution in [2.75, 3.05) is 0 Å². The van der Waals surface area contributed by atoms with Crippen molar-refractivity contribution in [3.8, 4) is 0 Å². The lowest BCUT2D eigenvalue weighted by Crippen LogP contribution is -2.31. The zero-order valence-corrected chi connectivity index (χ0v) is 6.37. The minimum absolute atomic E-state index is 0.0139. The molecule has 0 aliphatic heterocycles. The standard InChI is InChI=1S/C5H12NOP/c1-3(2)4(6)5(7)8/h3-4H,6,8H2,1-2H3. The first-order valence-corrected chi connectivity index (χ1v) is 3.18. The molecule has 0 fully saturated rings. The van der Waals surface area contributed by atoms with E-state index in [0.717, 1.165) is 0 Å². The zero-order valence-electron chi connectivity index (χ0n) is 5.22. The van der Waals surface area contributed by atoms with Crippen LogP contribution >= 0.6 is 9.24 Å². The van der Waals surface area contributed by atoms with E-state index in [1.807, 2.05) is 13.8 Å². The minimum atomic E-state index is -0.306. The van der Waals surface area contributed by atoms with E-state index in [1.165, 1.54) is 0 Å². The lowest BCUT2D eigenvalue weighted by atomic mass is 10.1. The van der Waals surface area contributed by atoms with Gasteiger partial charge in [0.1, 0.15) is 0 Å². The molecule has 0 amide bonds. The highest BCUT2D eigenvalue weighted by Crippen LogP contribution is 2.02. The van der Waals surface area contributed by atoms with Crippen molar-refractivity contribution in [1.29, 1.82) is 0 Å². The van der Waals surface area contributed by atoms with Gasteiger partial charge in [-0.2, -0.15) is 0 Å². The molecule has 0 aliphatic rings. The van der Waals surface area contributed by atoms with Crippen molar-refractivity contribution in [2.24, 2.45) is 11.7 Å². The summed E-state index contributed by atoms with van der Waals surface area (Å²) in [5.41, 5.74) is 5.38. The van der Waals surface area contributed by atoms with Gasteiger partial charge < -0.3 is 5.73 Å². The smallest absolute Gasteiger partial charge is 0.165 e. The van der Waals surface area contributed by atoms with E-state index >= 15 is 0 Å². The van der Waals surface area contributed by atoms with Gasteiger partial charge in [0.05, 0.1) is 6.04 Å². The van der Waals surface area contributed by atoms with Gasteiger partial charge in [-0.25, -0.2) is 0 Å². The van der Waals surface area contributed by atoms with Crippen LogP contribution in [0, 0.1) is 5.92 Å². The number of hydrogen-bond donors (Lipinski definition) is 1. The molecule has 0 aromatic rings. The first-order chi connectivity index (χ1) is 3.55. The average Bonchev–Trinajstić information content (AvgIpc) is 1.64. The van der Waals surface area contributed by atoms with Crippen LogP contribution in [-0.4, -0.2) is 11.6 Å². The second-order valence-corrected chi connectivity index (χ2v) is 2.74. The highest BCUT2D eigenvalue weighted by Gasteiger charge is 2.11. The molecular formula is C5H12NOP. The maximum atomic E-state index is 10.4. The third-order valence-electron chi connectivity index (χ3n) is 1.05. The molecule has 0 radical (unpaired) electrons. The molecule has 2 unspecified atom stereocenters. The molecule has 8 heavy (non-hydrogen) atoms. The van der Waals surface area contributed by atoms with Crippen LogP contribution in [0.15, 0.2) is 0 Å². The molecule has 0 saturated carbocycles. The van der Waals surface area contributed by atoms with E-state index in [0.29, 0.717) is 0 Å². The first kappa shape index (κ1) is 8.06. The molecule has 0 heterocycles. The molecule has 0 aromatic carbocycles. The Labute approximate surface area is 52.0 Å². The minimum Gasteiger partial charge on any atom is -0.321 e. The van der Waals surface area contributed by atoms with Crippen LogP contribution in [-0.2, 0) is 4.79 Å². The molecule has 2 N–H and O–H groups in total. The van der Waals surface area contributed by atoms with Crippen LogP contribution in [0.1, 0.15) is 13.8 Å². The summed E-state index contributed by atoms with van der Waals surface area (Å²) in [4.78, 5) is 10.4. The van der Waals surface area contributed by atoms with Crippen LogP contribution in [0.25, 0.3) is 0 Å². The summed E-state index contributed by atoms with van der Waals surface area (Å²) in [6, 6.07) is -0.306. The number of rotatable bonds is 2. The van der Waals surface area contributed by atoms with Gasteiger partial charge in [0.15, 0.2) is 5.52 Å². The summed E-state index contributed by atoms with van der Waals surface area (Å²) in [6.45, 7) is 3.85. The largest absolute Gasteiger partial charge is 0.321 e. The molecule has 0 aromatic heterocycles. The Hall–Kier alpha value is 0.0600. The lowest BCUT2D eigenvalue weighted by molar-refractivity contribution is -0.112. The Morgan fingerprint density at radius 1 is 1.62 bits per heavy atom. The van der Waals surface area contributed by atoms with Gasteiger partial charge in [-0.1, -0.05) is 23.1 Å². The molecule has 0 aliphatic carbocycles. The first-order valence-electron chi connectivity index (χ1n) is 2.60. The van der Waals surface area contributed by atoms with Crippen LogP contribution in [0.2, 0.25) is 0 Å². The van der Waals surface area contributed by atoms with Gasteiger partial charge in [0.25, 0.3) is 0 Å². The van der Waals surface area contributed by atoms with Gasteiger partial charge in [-0.15, -0.1) is 0 Å². The molecule has 0 bridgehead atoms. The molecule has 0 saturated heterocycles. The van der Waals surface area contributed by atoms with Crippen molar-refractivity contribution in [2.45, 2.75) is 19.9 Å². The maximum Gasteiger partial charge on any atom is 0.165 e. The average molecular weight is 133 g/mol. The van der Waals surface area contributed by atoms with E-state index in [1.54, 1.807) is 0 Å². The predicted molar refractivity (Wildman–Crippen MR) is 37.5 cm³/mol. The third-order valence-corrected chi connectivity index (χ3v) is 1.43. The van der Waals surface area contributed by atoms with E-state index in [-0.39, 0.29) is 17.5 Å². The number of carbonyl (C=O) groups excluding carboxylic acids is 1. The van der Waals surface area contributed by atoms with Crippen LogP contribution in [0.3, 0.4) is 0 Å². The monoisotopic (exact) mass is 133 g/mol. The van der Waals surface area contributed by atoms with Crippen molar-refractivity contribution in [1.82, 2.24) is 0 Å². The highest BCUT2D eigenvalue weighted by atomic mass is 31.0. The summed E-state index contributed by atoms with van der Waals surface area (Å²) in [5.74, 6) is 0.250. The van der Waals surface area contributed by atoms with E-state index in [2.05, 4.69) is 9.24 Å². The topological polar surface area (TPSA) is 43.1 Å². The fraction of sp³-hybridized carbons (Fsp3) is 0.800. The SMILES string of the molecule is CC(C)C(N)C(=O)P. The third kappa shape index (κ3) is 2.39. The van der Waals surface area contributed by atoms with Crippen molar-refractivity contribution in [3.05, 3.63) is 0 Å². The Morgan fingerprint density at radius 2 is 2.00 bits per heavy atom. The zero-order chi connectivity index (χ0) is 6.73. The van der Waals surface area contributed by atoms with Crippen LogP contribution in [0.5, 0.6) is 0 Å². The van der Waals surface area contributed by atoms with Gasteiger partial charge in [-0.05, 0) is 5.92 Å². The Kier molecular flexibility index (Phi) is 3.18. The number of hydrogen-bond acceptors (Lipinski definition) is 2. The van der Waals surface area contributed by atoms with E-state index in [9.17, 15) is 4.79 Å². The summed E-state index contributed by atoms with van der Waals surface area (Å²) >= 11 is 0. The van der Waals surface area contributed by atoms with Crippen molar-refractivity contribution < 1.29 is 4.79 Å². The Bertz CT molecular complexity index is 92.4. The molecular weight excluding hydrogens is 121 g/mol. The van der Waals surface area contributed by atoms with E-state index < -0.39 is 0 Å². The molecule has 2 atom stereocenters. The van der Waals surface area contributed by atoms with Gasteiger partial charge in [0, 0.05) is 0 Å². The summed E-state index contributed by atoms with van der Waals surface area (Å²) in [7, 11) is 2.08. The number of carbonyl (C=O) groups is 1. The fourth-order valence-electron chi connectivity index (χ4n) is 0.329. The molecule has 2 nitrogen and oxygen atoms in total. The van der Waals surface area contributed by atoms with Crippen molar-refractivity contribution >= 4 is 14.8 Å². The van der Waals surface area contributed by atoms with Crippen LogP contribution in [0.4, 0.5) is 0 Å². The lowest BCUT2D eigenvalue weighted by Gasteiger charge is -2.09. The molecule has 0 spiro atoms. The predicted octanol–water partition coefficient (Wildman–Crippen LogP) is 0.371. The second-order valence-electron chi connectivity index (χ2n) is 2.17. The molecule has 48 valence electrons. The van der Waals surface area contributed by atoms with Crippen molar-refractivity contribution in [3.63, 3.8) is 0 Å². The fourth-order valence-corrected chi connectivity index (χ4v) is 0.713. The Morgan fingerprint density at radius 3 is 2.00 bits per heavy atom. The summed E-state index contributed by atoms with van der Waals surface area (Å²) in [5, 5.41) is 0. The molecule has 0 rings (SSSR count). The van der Waals surface area contributed by atoms with Gasteiger partial charge in [-0.3, -0.25) is 4.79 Å². The summed E-state index contributed by atoms with van der Waals surface area (Å²) in [6.07, 6.45) is 0. The number of nitrogens with two attached hydrogens (primary N) is 1. The second kappa shape index (κ2) is 3.16. The molecule has 3 heteroatoms. The summed E-state index contributed by atoms with van der Waals surface area (Å²) < 4.78 is 0. The van der Waals surface area contributed by atoms with E-state index in [4.69, 9.17) is 5.73 Å². The maximum absolute atomic E-state index is 10.4. The van der Waals surface area contributed by atoms with Crippen LogP contribution < -0.4 is 5.73 Å². The van der Waals surface area contributed by atoms with Gasteiger partial charge in [0.2, 0.25) is 0 Å². The Balaban J connectivity index is 3.64. The van der Waals surface area contributed by atoms with Gasteiger partial charge >= 0.3 is 0 Å². The normalized spacial score (nSPS) is 14.1. The highest BCUT2D eigenvalue weighted by molar-refractivity contribution is 7.40.